The van der Waals surface area contributed by atoms with E-state index in [1.807, 2.05) is 0 Å². The molecule has 0 bridgehead atoms. The lowest BCUT2D eigenvalue weighted by molar-refractivity contribution is -0.121. The average molecular weight is 305 g/mol. The number of nitrogens with two attached hydrogens (primary N) is 1. The molecule has 0 aromatic heterocycles. The van der Waals surface area contributed by atoms with Crippen molar-refractivity contribution >= 4 is 18.3 Å². The number of nitrogens with one attached hydrogen (secondary N) is 1. The Morgan fingerprint density at radius 3 is 2.70 bits per heavy atom. The third-order valence-electron chi connectivity index (χ3n) is 2.60. The van der Waals surface area contributed by atoms with Crippen LogP contribution in [0.4, 0.5) is 4.39 Å². The van der Waals surface area contributed by atoms with Crippen LogP contribution in [0, 0.1) is 5.82 Å². The summed E-state index contributed by atoms with van der Waals surface area (Å²) in [5.74, 6) is -0.159. The van der Waals surface area contributed by atoms with Gasteiger partial charge in [0.05, 0.1) is 6.61 Å². The first-order valence-electron chi connectivity index (χ1n) is 6.58. The molecule has 1 rings (SSSR count). The zero-order valence-electron chi connectivity index (χ0n) is 11.4. The van der Waals surface area contributed by atoms with Crippen LogP contribution in [0.1, 0.15) is 25.7 Å². The molecule has 0 atom stereocenters. The van der Waals surface area contributed by atoms with Crippen LogP contribution in [0.15, 0.2) is 24.3 Å². The second-order valence-corrected chi connectivity index (χ2v) is 4.23. The number of benzene rings is 1. The Morgan fingerprint density at radius 1 is 1.25 bits per heavy atom. The van der Waals surface area contributed by atoms with Gasteiger partial charge in [0.1, 0.15) is 0 Å². The van der Waals surface area contributed by atoms with Crippen molar-refractivity contribution in [3.8, 4) is 5.75 Å². The fourth-order valence-electron chi connectivity index (χ4n) is 1.56. The minimum atomic E-state index is -0.381. The fraction of sp³-hybridized carbons (Fsp3) is 0.500. The monoisotopic (exact) mass is 304 g/mol. The number of carbonyl (C=O) groups is 1. The Kier molecular flexibility index (Phi) is 10.7. The Balaban J connectivity index is 0.00000361. The van der Waals surface area contributed by atoms with Gasteiger partial charge in [0.2, 0.25) is 5.91 Å². The molecule has 0 radical (unpaired) electrons. The van der Waals surface area contributed by atoms with Crippen molar-refractivity contribution in [2.24, 2.45) is 5.73 Å². The van der Waals surface area contributed by atoms with Crippen LogP contribution in [0.3, 0.4) is 0 Å². The zero-order valence-corrected chi connectivity index (χ0v) is 12.3. The van der Waals surface area contributed by atoms with E-state index in [4.69, 9.17) is 10.5 Å². The molecular formula is C14H22ClFN2O2. The van der Waals surface area contributed by atoms with Crippen molar-refractivity contribution in [1.82, 2.24) is 5.32 Å². The third kappa shape index (κ3) is 7.96. The molecule has 0 aliphatic carbocycles. The molecule has 0 saturated carbocycles. The van der Waals surface area contributed by atoms with Gasteiger partial charge in [-0.1, -0.05) is 12.1 Å². The SMILES string of the molecule is Cl.NCCCCNC(=O)CCCOc1ccccc1F. The summed E-state index contributed by atoms with van der Waals surface area (Å²) in [6, 6.07) is 6.24. The standard InChI is InChI=1S/C14H21FN2O2.ClH/c15-12-6-1-2-7-13(12)19-11-5-8-14(18)17-10-4-3-9-16;/h1-2,6-7H,3-5,8-11,16H2,(H,17,18);1H. The first kappa shape index (κ1) is 18.7. The predicted molar refractivity (Wildman–Crippen MR) is 79.7 cm³/mol. The Morgan fingerprint density at radius 2 is 2.00 bits per heavy atom. The van der Waals surface area contributed by atoms with Crippen molar-refractivity contribution in [2.45, 2.75) is 25.7 Å². The molecule has 1 aromatic carbocycles. The maximum atomic E-state index is 13.2. The first-order valence-corrected chi connectivity index (χ1v) is 6.58. The molecule has 0 fully saturated rings. The van der Waals surface area contributed by atoms with E-state index in [1.54, 1.807) is 18.2 Å². The summed E-state index contributed by atoms with van der Waals surface area (Å²) in [6.07, 6.45) is 2.76. The van der Waals surface area contributed by atoms with Gasteiger partial charge in [-0.2, -0.15) is 0 Å². The maximum absolute atomic E-state index is 13.2. The number of para-hydroxylation sites is 1. The maximum Gasteiger partial charge on any atom is 0.220 e. The summed E-state index contributed by atoms with van der Waals surface area (Å²) in [4.78, 5) is 11.4. The van der Waals surface area contributed by atoms with Gasteiger partial charge in [0, 0.05) is 13.0 Å². The molecule has 20 heavy (non-hydrogen) atoms. The van der Waals surface area contributed by atoms with E-state index in [2.05, 4.69) is 5.32 Å². The van der Waals surface area contributed by atoms with Gasteiger partial charge in [-0.3, -0.25) is 4.79 Å². The molecule has 1 aromatic rings. The average Bonchev–Trinajstić information content (AvgIpc) is 2.41. The molecule has 4 nitrogen and oxygen atoms in total. The summed E-state index contributed by atoms with van der Waals surface area (Å²) in [5, 5.41) is 2.80. The number of hydrogen-bond donors (Lipinski definition) is 2. The smallest absolute Gasteiger partial charge is 0.220 e. The van der Waals surface area contributed by atoms with Gasteiger partial charge in [0.15, 0.2) is 11.6 Å². The third-order valence-corrected chi connectivity index (χ3v) is 2.60. The van der Waals surface area contributed by atoms with Crippen molar-refractivity contribution in [3.63, 3.8) is 0 Å². The quantitative estimate of drug-likeness (QED) is 0.688. The Labute approximate surface area is 125 Å². The number of rotatable bonds is 9. The van der Waals surface area contributed by atoms with Crippen LogP contribution in [0.2, 0.25) is 0 Å². The van der Waals surface area contributed by atoms with E-state index >= 15 is 0 Å². The minimum absolute atomic E-state index is 0. The first-order chi connectivity index (χ1) is 9.24. The normalized spacial score (nSPS) is 9.70. The van der Waals surface area contributed by atoms with Gasteiger partial charge in [-0.05, 0) is 37.9 Å². The molecule has 0 spiro atoms. The van der Waals surface area contributed by atoms with Crippen LogP contribution in [-0.2, 0) is 4.79 Å². The van der Waals surface area contributed by atoms with E-state index in [0.717, 1.165) is 12.8 Å². The van der Waals surface area contributed by atoms with Crippen LogP contribution in [0.25, 0.3) is 0 Å². The highest BCUT2D eigenvalue weighted by Gasteiger charge is 2.03. The largest absolute Gasteiger partial charge is 0.491 e. The van der Waals surface area contributed by atoms with Crippen molar-refractivity contribution in [2.75, 3.05) is 19.7 Å². The molecule has 114 valence electrons. The topological polar surface area (TPSA) is 64.3 Å². The van der Waals surface area contributed by atoms with Crippen molar-refractivity contribution < 1.29 is 13.9 Å². The molecule has 0 saturated heterocycles. The van der Waals surface area contributed by atoms with E-state index in [1.165, 1.54) is 6.07 Å². The summed E-state index contributed by atoms with van der Waals surface area (Å²) < 4.78 is 18.5. The van der Waals surface area contributed by atoms with E-state index in [9.17, 15) is 9.18 Å². The number of unbranched alkanes of at least 4 members (excludes halogenated alkanes) is 1. The summed E-state index contributed by atoms with van der Waals surface area (Å²) >= 11 is 0. The van der Waals surface area contributed by atoms with Gasteiger partial charge < -0.3 is 15.8 Å². The van der Waals surface area contributed by atoms with Crippen LogP contribution >= 0.6 is 12.4 Å². The fourth-order valence-corrected chi connectivity index (χ4v) is 1.56. The summed E-state index contributed by atoms with van der Waals surface area (Å²) in [7, 11) is 0. The number of carbonyl (C=O) groups excluding carboxylic acids is 1. The van der Waals surface area contributed by atoms with Gasteiger partial charge in [-0.25, -0.2) is 4.39 Å². The van der Waals surface area contributed by atoms with Crippen molar-refractivity contribution in [1.29, 1.82) is 0 Å². The van der Waals surface area contributed by atoms with Crippen LogP contribution in [0.5, 0.6) is 5.75 Å². The number of halogens is 2. The molecule has 6 heteroatoms. The lowest BCUT2D eigenvalue weighted by Crippen LogP contribution is -2.25. The minimum Gasteiger partial charge on any atom is -0.491 e. The predicted octanol–water partition coefficient (Wildman–Crippen LogP) is 2.26. The molecule has 0 unspecified atom stereocenters. The molecular weight excluding hydrogens is 283 g/mol. The number of amides is 1. The highest BCUT2D eigenvalue weighted by atomic mass is 35.5. The lowest BCUT2D eigenvalue weighted by atomic mass is 10.3. The van der Waals surface area contributed by atoms with Crippen LogP contribution < -0.4 is 15.8 Å². The molecule has 0 heterocycles. The van der Waals surface area contributed by atoms with Gasteiger partial charge in [0.25, 0.3) is 0 Å². The Bertz CT molecular complexity index is 391. The summed E-state index contributed by atoms with van der Waals surface area (Å²) in [6.45, 7) is 1.63. The van der Waals surface area contributed by atoms with Crippen molar-refractivity contribution in [3.05, 3.63) is 30.1 Å². The van der Waals surface area contributed by atoms with Gasteiger partial charge in [-0.15, -0.1) is 12.4 Å². The second kappa shape index (κ2) is 11.5. The van der Waals surface area contributed by atoms with Crippen LogP contribution in [-0.4, -0.2) is 25.6 Å². The molecule has 0 aliphatic heterocycles. The van der Waals surface area contributed by atoms with Gasteiger partial charge >= 0.3 is 0 Å². The van der Waals surface area contributed by atoms with E-state index in [-0.39, 0.29) is 29.9 Å². The highest BCUT2D eigenvalue weighted by Crippen LogP contribution is 2.15. The zero-order chi connectivity index (χ0) is 13.9. The van der Waals surface area contributed by atoms with E-state index < -0.39 is 0 Å². The number of hydrogen-bond acceptors (Lipinski definition) is 3. The highest BCUT2D eigenvalue weighted by molar-refractivity contribution is 5.85. The lowest BCUT2D eigenvalue weighted by Gasteiger charge is -2.07. The van der Waals surface area contributed by atoms with E-state index in [0.29, 0.717) is 32.5 Å². The molecule has 3 N–H and O–H groups in total. The second-order valence-electron chi connectivity index (χ2n) is 4.23. The Hall–Kier alpha value is -1.33. The number of ether oxygens (including phenoxy) is 1. The summed E-state index contributed by atoms with van der Waals surface area (Å²) in [5.41, 5.74) is 5.35. The molecule has 1 amide bonds. The molecule has 0 aliphatic rings.